The van der Waals surface area contributed by atoms with Crippen LogP contribution in [0.5, 0.6) is 0 Å². The van der Waals surface area contributed by atoms with Crippen molar-refractivity contribution in [1.82, 2.24) is 8.61 Å². The second-order valence-electron chi connectivity index (χ2n) is 5.64. The molecule has 0 bridgehead atoms. The fourth-order valence-electron chi connectivity index (χ4n) is 2.72. The minimum absolute atomic E-state index is 0.272. The molecule has 0 saturated carbocycles. The molecule has 2 aromatic rings. The van der Waals surface area contributed by atoms with E-state index in [2.05, 4.69) is 0 Å². The van der Waals surface area contributed by atoms with Crippen LogP contribution in [0.1, 0.15) is 17.5 Å². The number of benzene rings is 2. The first-order chi connectivity index (χ1) is 11.1. The largest absolute Gasteiger partial charge is 0.282 e. The van der Waals surface area contributed by atoms with Gasteiger partial charge in [0.1, 0.15) is 5.82 Å². The maximum Gasteiger partial charge on any atom is 0.282 e. The maximum atomic E-state index is 13.0. The van der Waals surface area contributed by atoms with Gasteiger partial charge >= 0.3 is 0 Å². The standard InChI is InChI=1S/C17H19FN2O2S/c18-17-9-7-16(8-10-17)14-20-12-4-11-19(23(20,21)22)13-15-5-2-1-3-6-15/h1-3,5-10H,4,11-14H2. The zero-order chi connectivity index (χ0) is 16.3. The highest BCUT2D eigenvalue weighted by atomic mass is 32.2. The molecule has 0 N–H and O–H groups in total. The van der Waals surface area contributed by atoms with E-state index in [0.29, 0.717) is 19.6 Å². The fraction of sp³-hybridized carbons (Fsp3) is 0.294. The Kier molecular flexibility index (Phi) is 4.75. The average Bonchev–Trinajstić information content (AvgIpc) is 2.54. The van der Waals surface area contributed by atoms with Crippen molar-refractivity contribution in [3.63, 3.8) is 0 Å². The molecule has 1 fully saturated rings. The van der Waals surface area contributed by atoms with Gasteiger partial charge in [-0.15, -0.1) is 0 Å². The van der Waals surface area contributed by atoms with Crippen LogP contribution in [0.4, 0.5) is 4.39 Å². The van der Waals surface area contributed by atoms with Gasteiger partial charge in [0.2, 0.25) is 0 Å². The Morgan fingerprint density at radius 1 is 0.826 bits per heavy atom. The van der Waals surface area contributed by atoms with Gasteiger partial charge in [-0.2, -0.15) is 17.0 Å². The molecular formula is C17H19FN2O2S. The van der Waals surface area contributed by atoms with Gasteiger partial charge in [-0.05, 0) is 29.7 Å². The van der Waals surface area contributed by atoms with Crippen LogP contribution in [0.3, 0.4) is 0 Å². The number of halogens is 1. The molecule has 0 spiro atoms. The summed E-state index contributed by atoms with van der Waals surface area (Å²) in [7, 11) is -3.50. The molecule has 0 atom stereocenters. The van der Waals surface area contributed by atoms with Crippen LogP contribution in [-0.2, 0) is 23.3 Å². The summed E-state index contributed by atoms with van der Waals surface area (Å²) in [4.78, 5) is 0. The Balaban J connectivity index is 1.75. The van der Waals surface area contributed by atoms with E-state index in [1.807, 2.05) is 30.3 Å². The third-order valence-corrected chi connectivity index (χ3v) is 5.87. The number of hydrogen-bond acceptors (Lipinski definition) is 2. The minimum Gasteiger partial charge on any atom is -0.207 e. The molecule has 1 heterocycles. The summed E-state index contributed by atoms with van der Waals surface area (Å²) in [6, 6.07) is 15.5. The van der Waals surface area contributed by atoms with Gasteiger partial charge in [0.25, 0.3) is 10.2 Å². The lowest BCUT2D eigenvalue weighted by Crippen LogP contribution is -2.48. The van der Waals surface area contributed by atoms with Crippen LogP contribution < -0.4 is 0 Å². The molecule has 0 radical (unpaired) electrons. The highest BCUT2D eigenvalue weighted by Crippen LogP contribution is 2.21. The predicted molar refractivity (Wildman–Crippen MR) is 87.2 cm³/mol. The molecule has 1 aliphatic heterocycles. The number of rotatable bonds is 4. The Hall–Kier alpha value is -1.76. The van der Waals surface area contributed by atoms with Crippen LogP contribution in [0.25, 0.3) is 0 Å². The summed E-state index contributed by atoms with van der Waals surface area (Å²) < 4.78 is 41.5. The molecule has 122 valence electrons. The molecule has 2 aromatic carbocycles. The number of hydrogen-bond donors (Lipinski definition) is 0. The molecule has 1 aliphatic rings. The first-order valence-corrected chi connectivity index (χ1v) is 8.99. The van der Waals surface area contributed by atoms with E-state index in [1.165, 1.54) is 20.7 Å². The van der Waals surface area contributed by atoms with E-state index in [9.17, 15) is 12.8 Å². The third kappa shape index (κ3) is 3.77. The van der Waals surface area contributed by atoms with Crippen molar-refractivity contribution in [2.45, 2.75) is 19.5 Å². The fourth-order valence-corrected chi connectivity index (χ4v) is 4.39. The topological polar surface area (TPSA) is 40.6 Å². The molecule has 0 aromatic heterocycles. The second kappa shape index (κ2) is 6.78. The minimum atomic E-state index is -3.50. The van der Waals surface area contributed by atoms with Crippen LogP contribution in [0, 0.1) is 5.82 Å². The Labute approximate surface area is 136 Å². The lowest BCUT2D eigenvalue weighted by atomic mass is 10.2. The van der Waals surface area contributed by atoms with Crippen LogP contribution in [0.2, 0.25) is 0 Å². The van der Waals surface area contributed by atoms with Crippen molar-refractivity contribution < 1.29 is 12.8 Å². The first kappa shape index (κ1) is 16.1. The Morgan fingerprint density at radius 2 is 1.35 bits per heavy atom. The van der Waals surface area contributed by atoms with Crippen molar-refractivity contribution in [2.75, 3.05) is 13.1 Å². The van der Waals surface area contributed by atoms with Crippen molar-refractivity contribution in [1.29, 1.82) is 0 Å². The maximum absolute atomic E-state index is 13.0. The van der Waals surface area contributed by atoms with E-state index < -0.39 is 10.2 Å². The SMILES string of the molecule is O=S1(=O)N(Cc2ccccc2)CCCN1Cc1ccc(F)cc1. The molecule has 3 rings (SSSR count). The van der Waals surface area contributed by atoms with Gasteiger partial charge < -0.3 is 0 Å². The highest BCUT2D eigenvalue weighted by molar-refractivity contribution is 7.86. The van der Waals surface area contributed by atoms with Gasteiger partial charge in [-0.3, -0.25) is 0 Å². The van der Waals surface area contributed by atoms with Crippen LogP contribution >= 0.6 is 0 Å². The lowest BCUT2D eigenvalue weighted by Gasteiger charge is -2.34. The lowest BCUT2D eigenvalue weighted by molar-refractivity contribution is 0.276. The van der Waals surface area contributed by atoms with E-state index in [1.54, 1.807) is 12.1 Å². The van der Waals surface area contributed by atoms with Crippen molar-refractivity contribution in [2.24, 2.45) is 0 Å². The molecule has 1 saturated heterocycles. The van der Waals surface area contributed by atoms with E-state index in [4.69, 9.17) is 0 Å². The summed E-state index contributed by atoms with van der Waals surface area (Å²) >= 11 is 0. The van der Waals surface area contributed by atoms with E-state index >= 15 is 0 Å². The zero-order valence-electron chi connectivity index (χ0n) is 12.7. The molecule has 4 nitrogen and oxygen atoms in total. The van der Waals surface area contributed by atoms with Gasteiger partial charge in [0, 0.05) is 26.2 Å². The molecule has 0 amide bonds. The third-order valence-electron chi connectivity index (χ3n) is 3.94. The number of nitrogens with zero attached hydrogens (tertiary/aromatic N) is 2. The summed E-state index contributed by atoms with van der Waals surface area (Å²) in [5.74, 6) is -0.319. The summed E-state index contributed by atoms with van der Waals surface area (Å²) in [5, 5.41) is 0. The zero-order valence-corrected chi connectivity index (χ0v) is 13.5. The van der Waals surface area contributed by atoms with Crippen molar-refractivity contribution >= 4 is 10.2 Å². The van der Waals surface area contributed by atoms with Gasteiger partial charge in [0.15, 0.2) is 0 Å². The Bertz CT molecular complexity index is 748. The normalized spacial score (nSPS) is 18.8. The summed E-state index contributed by atoms with van der Waals surface area (Å²) in [5.41, 5.74) is 1.76. The summed E-state index contributed by atoms with van der Waals surface area (Å²) in [6.45, 7) is 1.67. The van der Waals surface area contributed by atoms with E-state index in [-0.39, 0.29) is 12.4 Å². The van der Waals surface area contributed by atoms with Gasteiger partial charge in [-0.1, -0.05) is 42.5 Å². The van der Waals surface area contributed by atoms with Crippen molar-refractivity contribution in [3.05, 3.63) is 71.5 Å². The predicted octanol–water partition coefficient (Wildman–Crippen LogP) is 2.78. The summed E-state index contributed by atoms with van der Waals surface area (Å²) in [6.07, 6.45) is 0.785. The highest BCUT2D eigenvalue weighted by Gasteiger charge is 2.33. The van der Waals surface area contributed by atoms with Crippen LogP contribution in [0.15, 0.2) is 54.6 Å². The molecule has 0 aliphatic carbocycles. The molecule has 23 heavy (non-hydrogen) atoms. The average molecular weight is 334 g/mol. The van der Waals surface area contributed by atoms with E-state index in [0.717, 1.165) is 17.5 Å². The van der Waals surface area contributed by atoms with Gasteiger partial charge in [0.05, 0.1) is 0 Å². The second-order valence-corrected chi connectivity index (χ2v) is 7.57. The molecule has 0 unspecified atom stereocenters. The molecular weight excluding hydrogens is 315 g/mol. The Morgan fingerprint density at radius 3 is 1.91 bits per heavy atom. The molecule has 6 heteroatoms. The van der Waals surface area contributed by atoms with Crippen LogP contribution in [-0.4, -0.2) is 30.1 Å². The quantitative estimate of drug-likeness (QED) is 0.863. The first-order valence-electron chi connectivity index (χ1n) is 7.59. The monoisotopic (exact) mass is 334 g/mol. The van der Waals surface area contributed by atoms with Crippen molar-refractivity contribution in [3.8, 4) is 0 Å². The van der Waals surface area contributed by atoms with Gasteiger partial charge in [-0.25, -0.2) is 4.39 Å². The smallest absolute Gasteiger partial charge is 0.207 e.